The molecule has 0 aromatic carbocycles. The predicted octanol–water partition coefficient (Wildman–Crippen LogP) is 1.73. The van der Waals surface area contributed by atoms with Gasteiger partial charge in [-0.25, -0.2) is 4.79 Å². The molecule has 0 spiro atoms. The van der Waals surface area contributed by atoms with Gasteiger partial charge in [0.2, 0.25) is 11.8 Å². The molecule has 1 rings (SSSR count). The molecule has 10 heteroatoms. The Morgan fingerprint density at radius 2 is 1.64 bits per heavy atom. The Bertz CT molecular complexity index is 491. The van der Waals surface area contributed by atoms with Crippen molar-refractivity contribution in [1.29, 1.82) is 0 Å². The van der Waals surface area contributed by atoms with E-state index in [4.69, 9.17) is 5.73 Å². The SMILES string of the molecule is CSCC[C@H](N)C(=O)NCC1CCC(C(=O)N[C@H](CCSC)C(=O)O)CC1.Cl. The van der Waals surface area contributed by atoms with Crippen LogP contribution in [0.1, 0.15) is 38.5 Å². The molecular weight excluding hydrogens is 422 g/mol. The van der Waals surface area contributed by atoms with Crippen LogP contribution in [0, 0.1) is 11.8 Å². The molecule has 1 aliphatic rings. The number of aliphatic carboxylic acids is 1. The minimum absolute atomic E-state index is 0. The van der Waals surface area contributed by atoms with Gasteiger partial charge >= 0.3 is 5.97 Å². The number of carboxylic acids is 1. The topological polar surface area (TPSA) is 122 Å². The number of nitrogens with one attached hydrogen (secondary N) is 2. The third-order valence-electron chi connectivity index (χ3n) is 4.98. The molecule has 5 N–H and O–H groups in total. The summed E-state index contributed by atoms with van der Waals surface area (Å²) in [5.74, 6) is 0.513. The summed E-state index contributed by atoms with van der Waals surface area (Å²) in [5, 5.41) is 14.8. The van der Waals surface area contributed by atoms with Gasteiger partial charge in [-0.2, -0.15) is 23.5 Å². The summed E-state index contributed by atoms with van der Waals surface area (Å²) in [7, 11) is 0. The second kappa shape index (κ2) is 15.2. The summed E-state index contributed by atoms with van der Waals surface area (Å²) in [6.45, 7) is 0.589. The Kier molecular flexibility index (Phi) is 14.9. The molecule has 0 aromatic rings. The van der Waals surface area contributed by atoms with E-state index in [1.54, 1.807) is 23.5 Å². The number of halogens is 1. The lowest BCUT2D eigenvalue weighted by atomic mass is 9.81. The highest BCUT2D eigenvalue weighted by Gasteiger charge is 2.29. The Balaban J connectivity index is 0.00000729. The molecule has 1 fully saturated rings. The number of hydrogen-bond donors (Lipinski definition) is 4. The van der Waals surface area contributed by atoms with E-state index in [1.807, 2.05) is 12.5 Å². The fraction of sp³-hybridized carbons (Fsp3) is 0.833. The summed E-state index contributed by atoms with van der Waals surface area (Å²) in [4.78, 5) is 35.6. The molecular formula is C18H34ClN3O4S2. The zero-order valence-corrected chi connectivity index (χ0v) is 19.1. The quantitative estimate of drug-likeness (QED) is 0.353. The Morgan fingerprint density at radius 1 is 1.07 bits per heavy atom. The van der Waals surface area contributed by atoms with Crippen molar-refractivity contribution >= 4 is 53.7 Å². The summed E-state index contributed by atoms with van der Waals surface area (Å²) in [6, 6.07) is -1.28. The van der Waals surface area contributed by atoms with Gasteiger partial charge < -0.3 is 21.5 Å². The van der Waals surface area contributed by atoms with Crippen molar-refractivity contribution in [2.24, 2.45) is 17.6 Å². The first kappa shape index (κ1) is 27.4. The van der Waals surface area contributed by atoms with Crippen LogP contribution in [0.2, 0.25) is 0 Å². The maximum Gasteiger partial charge on any atom is 0.326 e. The third kappa shape index (κ3) is 10.2. The number of carbonyl (C=O) groups excluding carboxylic acids is 2. The van der Waals surface area contributed by atoms with E-state index >= 15 is 0 Å². The van der Waals surface area contributed by atoms with Crippen LogP contribution in [-0.4, -0.2) is 65.5 Å². The van der Waals surface area contributed by atoms with Crippen LogP contribution in [0.3, 0.4) is 0 Å². The van der Waals surface area contributed by atoms with Crippen molar-refractivity contribution in [2.75, 3.05) is 30.6 Å². The van der Waals surface area contributed by atoms with Gasteiger partial charge in [-0.3, -0.25) is 9.59 Å². The third-order valence-corrected chi connectivity index (χ3v) is 6.27. The highest BCUT2D eigenvalue weighted by atomic mass is 35.5. The van der Waals surface area contributed by atoms with Gasteiger partial charge in [-0.15, -0.1) is 12.4 Å². The number of rotatable bonds is 12. The molecule has 28 heavy (non-hydrogen) atoms. The van der Waals surface area contributed by atoms with Gasteiger partial charge in [0.25, 0.3) is 0 Å². The van der Waals surface area contributed by atoms with Crippen molar-refractivity contribution in [1.82, 2.24) is 10.6 Å². The molecule has 0 unspecified atom stereocenters. The molecule has 0 aromatic heterocycles. The lowest BCUT2D eigenvalue weighted by Crippen LogP contribution is -2.45. The van der Waals surface area contributed by atoms with Crippen LogP contribution in [0.4, 0.5) is 0 Å². The molecule has 2 amide bonds. The molecule has 1 saturated carbocycles. The first-order valence-corrected chi connectivity index (χ1v) is 12.2. The Morgan fingerprint density at radius 3 is 2.18 bits per heavy atom. The molecule has 0 bridgehead atoms. The Hall–Kier alpha value is -0.640. The van der Waals surface area contributed by atoms with Crippen LogP contribution >= 0.6 is 35.9 Å². The fourth-order valence-electron chi connectivity index (χ4n) is 3.16. The van der Waals surface area contributed by atoms with Crippen LogP contribution in [0.25, 0.3) is 0 Å². The predicted molar refractivity (Wildman–Crippen MR) is 119 cm³/mol. The molecule has 0 radical (unpaired) electrons. The number of carbonyl (C=O) groups is 3. The van der Waals surface area contributed by atoms with Crippen LogP contribution < -0.4 is 16.4 Å². The van der Waals surface area contributed by atoms with Gasteiger partial charge in [0.1, 0.15) is 6.04 Å². The van der Waals surface area contributed by atoms with Crippen molar-refractivity contribution in [3.63, 3.8) is 0 Å². The van der Waals surface area contributed by atoms with E-state index in [2.05, 4.69) is 10.6 Å². The standard InChI is InChI=1S/C18H33N3O4S2.ClH/c1-26-9-7-14(19)17(23)20-11-12-3-5-13(6-4-12)16(22)21-15(18(24)25)8-10-27-2;/h12-15H,3-11,19H2,1-2H3,(H,20,23)(H,21,22)(H,24,25);1H/t12?,13?,14-,15+;/m0./s1. The first-order valence-electron chi connectivity index (χ1n) is 9.43. The molecule has 7 nitrogen and oxygen atoms in total. The monoisotopic (exact) mass is 455 g/mol. The van der Waals surface area contributed by atoms with Crippen LogP contribution in [-0.2, 0) is 14.4 Å². The number of nitrogens with two attached hydrogens (primary N) is 1. The molecule has 0 aliphatic heterocycles. The van der Waals surface area contributed by atoms with Crippen molar-refractivity contribution in [3.05, 3.63) is 0 Å². The van der Waals surface area contributed by atoms with Crippen LogP contribution in [0.5, 0.6) is 0 Å². The zero-order valence-electron chi connectivity index (χ0n) is 16.6. The summed E-state index contributed by atoms with van der Waals surface area (Å²) < 4.78 is 0. The average Bonchev–Trinajstić information content (AvgIpc) is 2.67. The van der Waals surface area contributed by atoms with E-state index in [1.165, 1.54) is 0 Å². The second-order valence-electron chi connectivity index (χ2n) is 7.03. The minimum atomic E-state index is -0.980. The van der Waals surface area contributed by atoms with Gasteiger partial charge in [0, 0.05) is 12.5 Å². The molecule has 2 atom stereocenters. The van der Waals surface area contributed by atoms with E-state index in [9.17, 15) is 19.5 Å². The first-order chi connectivity index (χ1) is 12.9. The van der Waals surface area contributed by atoms with E-state index in [0.717, 1.165) is 31.4 Å². The molecule has 164 valence electrons. The lowest BCUT2D eigenvalue weighted by molar-refractivity contribution is -0.142. The van der Waals surface area contributed by atoms with Crippen LogP contribution in [0.15, 0.2) is 0 Å². The van der Waals surface area contributed by atoms with Gasteiger partial charge in [0.05, 0.1) is 6.04 Å². The molecule has 0 heterocycles. The van der Waals surface area contributed by atoms with Gasteiger partial charge in [0.15, 0.2) is 0 Å². The number of amides is 2. The fourth-order valence-corrected chi connectivity index (χ4v) is 4.12. The number of thioether (sulfide) groups is 2. The maximum absolute atomic E-state index is 12.4. The smallest absolute Gasteiger partial charge is 0.326 e. The van der Waals surface area contributed by atoms with Crippen molar-refractivity contribution in [3.8, 4) is 0 Å². The lowest BCUT2D eigenvalue weighted by Gasteiger charge is -2.29. The van der Waals surface area contributed by atoms with Gasteiger partial charge in [-0.05, 0) is 68.5 Å². The number of carboxylic acid groups (broad SMARTS) is 1. The summed E-state index contributed by atoms with van der Waals surface area (Å²) >= 11 is 3.24. The summed E-state index contributed by atoms with van der Waals surface area (Å²) in [6.07, 6.45) is 8.14. The maximum atomic E-state index is 12.4. The molecule has 1 aliphatic carbocycles. The average molecular weight is 456 g/mol. The van der Waals surface area contributed by atoms with Crippen molar-refractivity contribution in [2.45, 2.75) is 50.6 Å². The highest BCUT2D eigenvalue weighted by molar-refractivity contribution is 7.98. The largest absolute Gasteiger partial charge is 0.480 e. The van der Waals surface area contributed by atoms with Crippen molar-refractivity contribution < 1.29 is 19.5 Å². The van der Waals surface area contributed by atoms with E-state index in [-0.39, 0.29) is 30.1 Å². The Labute approximate surface area is 182 Å². The van der Waals surface area contributed by atoms with E-state index in [0.29, 0.717) is 31.1 Å². The summed E-state index contributed by atoms with van der Waals surface area (Å²) in [5.41, 5.74) is 5.86. The van der Waals surface area contributed by atoms with Gasteiger partial charge in [-0.1, -0.05) is 0 Å². The molecule has 0 saturated heterocycles. The minimum Gasteiger partial charge on any atom is -0.480 e. The normalized spacial score (nSPS) is 21.1. The zero-order chi connectivity index (χ0) is 20.2. The second-order valence-corrected chi connectivity index (χ2v) is 9.00. The highest BCUT2D eigenvalue weighted by Crippen LogP contribution is 2.28. The number of hydrogen-bond acceptors (Lipinski definition) is 6. The van der Waals surface area contributed by atoms with E-state index < -0.39 is 18.1 Å².